The van der Waals surface area contributed by atoms with Gasteiger partial charge >= 0.3 is 0 Å². The minimum atomic E-state index is -0.699. The molecular weight excluding hydrogens is 366 g/mol. The van der Waals surface area contributed by atoms with Crippen LogP contribution in [0.5, 0.6) is 11.5 Å². The van der Waals surface area contributed by atoms with E-state index >= 15 is 0 Å². The van der Waals surface area contributed by atoms with Crippen LogP contribution in [0.1, 0.15) is 31.2 Å². The predicted octanol–water partition coefficient (Wildman–Crippen LogP) is 0.710. The summed E-state index contributed by atoms with van der Waals surface area (Å²) in [5, 5.41) is 9.57. The molecular formula is C19H23N3O6. The van der Waals surface area contributed by atoms with Gasteiger partial charge in [-0.05, 0) is 31.0 Å². The summed E-state index contributed by atoms with van der Waals surface area (Å²) in [7, 11) is 0. The second-order valence-corrected chi connectivity index (χ2v) is 6.88. The number of fused-ring (bicyclic) bond motifs is 1. The number of rotatable bonds is 7. The molecule has 2 unspecified atom stereocenters. The molecule has 0 saturated carbocycles. The molecule has 0 spiro atoms. The van der Waals surface area contributed by atoms with Gasteiger partial charge in [0.15, 0.2) is 11.5 Å². The highest BCUT2D eigenvalue weighted by Crippen LogP contribution is 2.33. The molecule has 4 rings (SSSR count). The molecule has 28 heavy (non-hydrogen) atoms. The van der Waals surface area contributed by atoms with Gasteiger partial charge in [-0.25, -0.2) is 0 Å². The zero-order chi connectivity index (χ0) is 19.3. The number of hydrogen-bond donors (Lipinski definition) is 2. The molecule has 1 saturated heterocycles. The summed E-state index contributed by atoms with van der Waals surface area (Å²) in [6, 6.07) is 5.49. The molecule has 1 aromatic carbocycles. The van der Waals surface area contributed by atoms with Crippen LogP contribution in [0.4, 0.5) is 0 Å². The lowest BCUT2D eigenvalue weighted by molar-refractivity contribution is -0.131. The number of hydrogen-bond acceptors (Lipinski definition) is 7. The van der Waals surface area contributed by atoms with E-state index in [9.17, 15) is 9.59 Å². The van der Waals surface area contributed by atoms with E-state index < -0.39 is 6.10 Å². The molecule has 2 N–H and O–H groups in total. The molecule has 3 aliphatic rings. The fourth-order valence-corrected chi connectivity index (χ4v) is 3.30. The maximum Gasteiger partial charge on any atom is 0.264 e. The zero-order valence-electron chi connectivity index (χ0n) is 15.4. The first kappa shape index (κ1) is 18.5. The largest absolute Gasteiger partial charge is 0.454 e. The number of amides is 2. The molecule has 0 aromatic heterocycles. The third-order valence-electron chi connectivity index (χ3n) is 4.87. The van der Waals surface area contributed by atoms with Crippen LogP contribution in [-0.2, 0) is 19.2 Å². The topological polar surface area (TPSA) is 107 Å². The molecule has 9 heteroatoms. The molecule has 2 amide bonds. The van der Waals surface area contributed by atoms with E-state index in [1.54, 1.807) is 0 Å². The Bertz CT molecular complexity index is 775. The van der Waals surface area contributed by atoms with E-state index in [0.29, 0.717) is 30.2 Å². The first-order valence-electron chi connectivity index (χ1n) is 9.48. The Morgan fingerprint density at radius 3 is 2.93 bits per heavy atom. The van der Waals surface area contributed by atoms with E-state index in [0.717, 1.165) is 25.0 Å². The minimum Gasteiger partial charge on any atom is -0.454 e. The third-order valence-corrected chi connectivity index (χ3v) is 4.87. The standard InChI is InChI=1S/C19H23N3O6/c23-18(21-10-13-2-1-7-25-13)5-6-20-19(24)17-9-14(22-28-17)12-3-4-15-16(8-12)27-11-26-15/h3-4,8,13,17H,1-2,5-7,9-11H2,(H,20,24)(H,21,23). The first-order chi connectivity index (χ1) is 13.7. The van der Waals surface area contributed by atoms with Crippen LogP contribution in [0.2, 0.25) is 0 Å². The van der Waals surface area contributed by atoms with Crippen molar-refractivity contribution in [3.05, 3.63) is 23.8 Å². The Hall–Kier alpha value is -2.81. The van der Waals surface area contributed by atoms with Gasteiger partial charge in [-0.3, -0.25) is 9.59 Å². The van der Waals surface area contributed by atoms with Gasteiger partial charge in [0.25, 0.3) is 5.91 Å². The average Bonchev–Trinajstić information content (AvgIpc) is 3.47. The van der Waals surface area contributed by atoms with E-state index in [1.165, 1.54) is 0 Å². The molecule has 0 aliphatic carbocycles. The van der Waals surface area contributed by atoms with Gasteiger partial charge in [-0.1, -0.05) is 5.16 Å². The van der Waals surface area contributed by atoms with Crippen LogP contribution in [-0.4, -0.2) is 56.2 Å². The number of nitrogens with one attached hydrogen (secondary N) is 2. The highest BCUT2D eigenvalue weighted by atomic mass is 16.7. The lowest BCUT2D eigenvalue weighted by atomic mass is 10.0. The van der Waals surface area contributed by atoms with Crippen LogP contribution in [0, 0.1) is 0 Å². The van der Waals surface area contributed by atoms with Gasteiger partial charge in [0.05, 0.1) is 11.8 Å². The van der Waals surface area contributed by atoms with E-state index in [2.05, 4.69) is 15.8 Å². The second-order valence-electron chi connectivity index (χ2n) is 6.88. The summed E-state index contributed by atoms with van der Waals surface area (Å²) in [5.41, 5.74) is 1.50. The second kappa shape index (κ2) is 8.47. The Morgan fingerprint density at radius 1 is 1.18 bits per heavy atom. The number of oxime groups is 1. The number of carbonyl (C=O) groups is 2. The molecule has 1 aromatic rings. The Labute approximate surface area is 162 Å². The van der Waals surface area contributed by atoms with Crippen molar-refractivity contribution in [3.63, 3.8) is 0 Å². The highest BCUT2D eigenvalue weighted by molar-refractivity contribution is 6.04. The van der Waals surface area contributed by atoms with Crippen molar-refractivity contribution in [2.24, 2.45) is 5.16 Å². The Morgan fingerprint density at radius 2 is 2.07 bits per heavy atom. The van der Waals surface area contributed by atoms with Crippen LogP contribution >= 0.6 is 0 Å². The highest BCUT2D eigenvalue weighted by Gasteiger charge is 2.29. The zero-order valence-corrected chi connectivity index (χ0v) is 15.4. The summed E-state index contributed by atoms with van der Waals surface area (Å²) in [5.74, 6) is 0.948. The molecule has 9 nitrogen and oxygen atoms in total. The van der Waals surface area contributed by atoms with Crippen LogP contribution in [0.3, 0.4) is 0 Å². The van der Waals surface area contributed by atoms with Crippen LogP contribution in [0.15, 0.2) is 23.4 Å². The molecule has 0 bridgehead atoms. The number of ether oxygens (including phenoxy) is 3. The van der Waals surface area contributed by atoms with E-state index in [-0.39, 0.29) is 37.7 Å². The van der Waals surface area contributed by atoms with Crippen molar-refractivity contribution in [3.8, 4) is 11.5 Å². The molecule has 3 aliphatic heterocycles. The lowest BCUT2D eigenvalue weighted by Crippen LogP contribution is -2.38. The van der Waals surface area contributed by atoms with Crippen molar-refractivity contribution in [1.82, 2.24) is 10.6 Å². The molecule has 150 valence electrons. The Balaban J connectivity index is 1.17. The fraction of sp³-hybridized carbons (Fsp3) is 0.526. The first-order valence-corrected chi connectivity index (χ1v) is 9.48. The summed E-state index contributed by atoms with van der Waals surface area (Å²) in [6.45, 7) is 1.73. The average molecular weight is 389 g/mol. The van der Waals surface area contributed by atoms with Gasteiger partial charge < -0.3 is 29.7 Å². The number of nitrogens with zero attached hydrogens (tertiary/aromatic N) is 1. The minimum absolute atomic E-state index is 0.108. The van der Waals surface area contributed by atoms with Crippen molar-refractivity contribution in [2.45, 2.75) is 37.9 Å². The van der Waals surface area contributed by atoms with Crippen molar-refractivity contribution >= 4 is 17.5 Å². The van der Waals surface area contributed by atoms with Gasteiger partial charge in [-0.15, -0.1) is 0 Å². The van der Waals surface area contributed by atoms with Gasteiger partial charge in [0.1, 0.15) is 0 Å². The molecule has 3 heterocycles. The molecule has 2 atom stereocenters. The van der Waals surface area contributed by atoms with Crippen LogP contribution in [0.25, 0.3) is 0 Å². The van der Waals surface area contributed by atoms with E-state index in [4.69, 9.17) is 19.0 Å². The SMILES string of the molecule is O=C(CCNC(=O)C1CC(c2ccc3c(c2)OCO3)=NO1)NCC1CCCO1. The van der Waals surface area contributed by atoms with Gasteiger partial charge in [0.2, 0.25) is 18.8 Å². The predicted molar refractivity (Wildman–Crippen MR) is 98.2 cm³/mol. The maximum atomic E-state index is 12.3. The molecule has 0 radical (unpaired) electrons. The summed E-state index contributed by atoms with van der Waals surface area (Å²) < 4.78 is 16.1. The Kier molecular flexibility index (Phi) is 5.61. The number of carbonyl (C=O) groups excluding carboxylic acids is 2. The quantitative estimate of drug-likeness (QED) is 0.711. The summed E-state index contributed by atoms with van der Waals surface area (Å²) in [4.78, 5) is 29.4. The normalized spacial score (nSPS) is 22.5. The van der Waals surface area contributed by atoms with Crippen molar-refractivity contribution < 1.29 is 28.6 Å². The molecule has 1 fully saturated rings. The van der Waals surface area contributed by atoms with Crippen molar-refractivity contribution in [2.75, 3.05) is 26.5 Å². The fourth-order valence-electron chi connectivity index (χ4n) is 3.30. The van der Waals surface area contributed by atoms with Gasteiger partial charge in [-0.2, -0.15) is 0 Å². The maximum absolute atomic E-state index is 12.3. The van der Waals surface area contributed by atoms with E-state index in [1.807, 2.05) is 18.2 Å². The van der Waals surface area contributed by atoms with Crippen LogP contribution < -0.4 is 20.1 Å². The summed E-state index contributed by atoms with van der Waals surface area (Å²) in [6.07, 6.45) is 1.99. The lowest BCUT2D eigenvalue weighted by Gasteiger charge is -2.12. The van der Waals surface area contributed by atoms with Gasteiger partial charge in [0, 0.05) is 38.1 Å². The number of benzene rings is 1. The van der Waals surface area contributed by atoms with Crippen molar-refractivity contribution in [1.29, 1.82) is 0 Å². The monoisotopic (exact) mass is 389 g/mol. The third kappa shape index (κ3) is 4.36. The smallest absolute Gasteiger partial charge is 0.264 e. The summed E-state index contributed by atoms with van der Waals surface area (Å²) >= 11 is 0.